The first-order chi connectivity index (χ1) is 8.22. The number of carbonyl (C=O) groups is 1. The normalized spacial score (nSPS) is 14.4. The summed E-state index contributed by atoms with van der Waals surface area (Å²) in [5.74, 6) is -0.904. The van der Waals surface area contributed by atoms with E-state index in [2.05, 4.69) is 0 Å². The lowest BCUT2D eigenvalue weighted by Crippen LogP contribution is -2.24. The van der Waals surface area contributed by atoms with Gasteiger partial charge in [-0.1, -0.05) is 0 Å². The molecule has 1 aliphatic heterocycles. The van der Waals surface area contributed by atoms with E-state index in [0.29, 0.717) is 18.7 Å². The standard InChI is InChI=1S/C11H13NO3S2/c13-5-2-1-4-12-9(10(14)15)7-8-3-6-16-11(8)17-12/h3,6-7,13H,1-2,4-5H2,(H,14,15). The Bertz CT molecular complexity index is 442. The molecule has 2 heterocycles. The highest BCUT2D eigenvalue weighted by atomic mass is 32.2. The van der Waals surface area contributed by atoms with Crippen molar-refractivity contribution < 1.29 is 15.0 Å². The number of fused-ring (bicyclic) bond motifs is 1. The van der Waals surface area contributed by atoms with Crippen LogP contribution in [0.5, 0.6) is 0 Å². The van der Waals surface area contributed by atoms with E-state index in [-0.39, 0.29) is 6.61 Å². The third kappa shape index (κ3) is 2.83. The largest absolute Gasteiger partial charge is 0.477 e. The fraction of sp³-hybridized carbons (Fsp3) is 0.364. The van der Waals surface area contributed by atoms with Crippen molar-refractivity contribution in [1.29, 1.82) is 0 Å². The molecule has 17 heavy (non-hydrogen) atoms. The summed E-state index contributed by atoms with van der Waals surface area (Å²) in [6.45, 7) is 0.787. The molecular weight excluding hydrogens is 258 g/mol. The second-order valence-electron chi connectivity index (χ2n) is 3.62. The van der Waals surface area contributed by atoms with Crippen LogP contribution in [0.4, 0.5) is 0 Å². The monoisotopic (exact) mass is 271 g/mol. The van der Waals surface area contributed by atoms with Crippen molar-refractivity contribution in [3.8, 4) is 0 Å². The summed E-state index contributed by atoms with van der Waals surface area (Å²) in [6.07, 6.45) is 3.19. The van der Waals surface area contributed by atoms with Crippen molar-refractivity contribution in [3.63, 3.8) is 0 Å². The lowest BCUT2D eigenvalue weighted by molar-refractivity contribution is -0.133. The van der Waals surface area contributed by atoms with Gasteiger partial charge in [-0.2, -0.15) is 0 Å². The quantitative estimate of drug-likeness (QED) is 0.635. The first kappa shape index (κ1) is 12.5. The number of aliphatic hydroxyl groups is 1. The van der Waals surface area contributed by atoms with Gasteiger partial charge in [-0.3, -0.25) is 0 Å². The number of nitrogens with zero attached hydrogens (tertiary/aromatic N) is 1. The van der Waals surface area contributed by atoms with Crippen LogP contribution in [-0.4, -0.2) is 33.6 Å². The van der Waals surface area contributed by atoms with Crippen molar-refractivity contribution in [3.05, 3.63) is 22.7 Å². The van der Waals surface area contributed by atoms with Crippen LogP contribution in [-0.2, 0) is 4.79 Å². The van der Waals surface area contributed by atoms with Crippen molar-refractivity contribution in [2.45, 2.75) is 17.1 Å². The molecule has 2 N–H and O–H groups in total. The molecule has 6 heteroatoms. The molecule has 1 aromatic rings. The second-order valence-corrected chi connectivity index (χ2v) is 5.83. The van der Waals surface area contributed by atoms with Crippen LogP contribution in [0, 0.1) is 0 Å². The van der Waals surface area contributed by atoms with Crippen molar-refractivity contribution in [2.24, 2.45) is 0 Å². The molecule has 4 nitrogen and oxygen atoms in total. The van der Waals surface area contributed by atoms with E-state index in [9.17, 15) is 4.79 Å². The first-order valence-electron chi connectivity index (χ1n) is 5.31. The lowest BCUT2D eigenvalue weighted by atomic mass is 10.2. The highest BCUT2D eigenvalue weighted by Gasteiger charge is 2.24. The zero-order chi connectivity index (χ0) is 12.3. The molecule has 0 amide bonds. The Hall–Kier alpha value is -0.980. The summed E-state index contributed by atoms with van der Waals surface area (Å²) in [4.78, 5) is 11.2. The molecule has 1 aliphatic rings. The predicted octanol–water partition coefficient (Wildman–Crippen LogP) is 2.27. The van der Waals surface area contributed by atoms with E-state index in [1.807, 2.05) is 11.4 Å². The van der Waals surface area contributed by atoms with Gasteiger partial charge in [0.15, 0.2) is 0 Å². The van der Waals surface area contributed by atoms with E-state index >= 15 is 0 Å². The number of unbranched alkanes of at least 4 members (excludes halogenated alkanes) is 1. The maximum absolute atomic E-state index is 11.2. The molecule has 92 valence electrons. The van der Waals surface area contributed by atoms with E-state index in [0.717, 1.165) is 16.2 Å². The van der Waals surface area contributed by atoms with Crippen molar-refractivity contribution in [1.82, 2.24) is 4.31 Å². The van der Waals surface area contributed by atoms with Gasteiger partial charge in [0.1, 0.15) is 5.70 Å². The SMILES string of the molecule is O=C(O)C1=Cc2ccsc2SN1CCCCO. The maximum atomic E-state index is 11.2. The Morgan fingerprint density at radius 2 is 2.24 bits per heavy atom. The number of hydrogen-bond donors (Lipinski definition) is 2. The van der Waals surface area contributed by atoms with Gasteiger partial charge in [0, 0.05) is 18.7 Å². The molecule has 2 rings (SSSR count). The van der Waals surface area contributed by atoms with E-state index < -0.39 is 5.97 Å². The first-order valence-corrected chi connectivity index (χ1v) is 6.96. The minimum atomic E-state index is -0.904. The molecule has 0 aromatic carbocycles. The smallest absolute Gasteiger partial charge is 0.353 e. The molecule has 0 unspecified atom stereocenters. The number of aliphatic hydroxyl groups excluding tert-OH is 1. The molecule has 0 spiro atoms. The highest BCUT2D eigenvalue weighted by Crippen LogP contribution is 2.39. The molecule has 0 radical (unpaired) electrons. The lowest BCUT2D eigenvalue weighted by Gasteiger charge is -2.26. The number of aliphatic carboxylic acids is 1. The number of hydrogen-bond acceptors (Lipinski definition) is 5. The Balaban J connectivity index is 2.14. The molecular formula is C11H13NO3S2. The molecule has 0 saturated heterocycles. The molecule has 0 bridgehead atoms. The van der Waals surface area contributed by atoms with E-state index in [1.54, 1.807) is 21.7 Å². The van der Waals surface area contributed by atoms with Crippen LogP contribution < -0.4 is 0 Å². The fourth-order valence-electron chi connectivity index (χ4n) is 1.56. The van der Waals surface area contributed by atoms with Crippen LogP contribution >= 0.6 is 23.3 Å². The molecule has 0 aliphatic carbocycles. The Labute approximate surface area is 108 Å². The topological polar surface area (TPSA) is 60.8 Å². The van der Waals surface area contributed by atoms with Crippen molar-refractivity contribution in [2.75, 3.05) is 13.2 Å². The van der Waals surface area contributed by atoms with Gasteiger partial charge in [-0.25, -0.2) is 4.79 Å². The number of carboxylic acids is 1. The van der Waals surface area contributed by atoms with Crippen LogP contribution in [0.2, 0.25) is 0 Å². The summed E-state index contributed by atoms with van der Waals surface area (Å²) in [5.41, 5.74) is 1.30. The van der Waals surface area contributed by atoms with Gasteiger partial charge >= 0.3 is 5.97 Å². The Morgan fingerprint density at radius 3 is 2.94 bits per heavy atom. The summed E-state index contributed by atoms with van der Waals surface area (Å²) in [7, 11) is 0. The predicted molar refractivity (Wildman–Crippen MR) is 68.8 cm³/mol. The molecule has 0 atom stereocenters. The Morgan fingerprint density at radius 1 is 1.41 bits per heavy atom. The summed E-state index contributed by atoms with van der Waals surface area (Å²) >= 11 is 3.09. The molecule has 1 aromatic heterocycles. The molecule has 0 saturated carbocycles. The number of carboxylic acid groups (broad SMARTS) is 1. The van der Waals surface area contributed by atoms with Gasteiger partial charge in [0.2, 0.25) is 0 Å². The minimum Gasteiger partial charge on any atom is -0.477 e. The van der Waals surface area contributed by atoms with Crippen LogP contribution in [0.3, 0.4) is 0 Å². The summed E-state index contributed by atoms with van der Waals surface area (Å²) < 4.78 is 2.91. The van der Waals surface area contributed by atoms with Crippen LogP contribution in [0.25, 0.3) is 6.08 Å². The van der Waals surface area contributed by atoms with E-state index in [1.165, 1.54) is 11.9 Å². The average Bonchev–Trinajstić information content (AvgIpc) is 2.75. The highest BCUT2D eigenvalue weighted by molar-refractivity contribution is 7.99. The fourth-order valence-corrected chi connectivity index (χ4v) is 3.65. The summed E-state index contributed by atoms with van der Waals surface area (Å²) in [5, 5.41) is 19.9. The number of thiophene rings is 1. The third-order valence-corrected chi connectivity index (χ3v) is 4.64. The Kier molecular flexibility index (Phi) is 4.09. The third-order valence-electron chi connectivity index (χ3n) is 2.40. The zero-order valence-electron chi connectivity index (χ0n) is 9.13. The minimum absolute atomic E-state index is 0.148. The summed E-state index contributed by atoms with van der Waals surface area (Å²) in [6, 6.07) is 1.93. The van der Waals surface area contributed by atoms with Crippen molar-refractivity contribution >= 4 is 35.3 Å². The van der Waals surface area contributed by atoms with Crippen LogP contribution in [0.1, 0.15) is 18.4 Å². The second kappa shape index (κ2) is 5.57. The van der Waals surface area contributed by atoms with Gasteiger partial charge in [0.25, 0.3) is 0 Å². The zero-order valence-corrected chi connectivity index (χ0v) is 10.8. The van der Waals surface area contributed by atoms with E-state index in [4.69, 9.17) is 10.2 Å². The average molecular weight is 271 g/mol. The van der Waals surface area contributed by atoms with Gasteiger partial charge < -0.3 is 14.5 Å². The molecule has 0 fully saturated rings. The van der Waals surface area contributed by atoms with Crippen LogP contribution in [0.15, 0.2) is 21.4 Å². The van der Waals surface area contributed by atoms with Gasteiger partial charge in [0.05, 0.1) is 4.21 Å². The van der Waals surface area contributed by atoms with Gasteiger partial charge in [-0.15, -0.1) is 11.3 Å². The maximum Gasteiger partial charge on any atom is 0.353 e. The van der Waals surface area contributed by atoms with Gasteiger partial charge in [-0.05, 0) is 42.3 Å². The number of rotatable bonds is 5.